The number of esters is 1. The van der Waals surface area contributed by atoms with Gasteiger partial charge in [-0.1, -0.05) is 25.8 Å². The molecule has 1 rings (SSSR count). The van der Waals surface area contributed by atoms with Gasteiger partial charge in [0.2, 0.25) is 0 Å². The summed E-state index contributed by atoms with van der Waals surface area (Å²) < 4.78 is 4.82. The van der Waals surface area contributed by atoms with Crippen molar-refractivity contribution in [1.29, 1.82) is 0 Å². The fourth-order valence-corrected chi connectivity index (χ4v) is 3.33. The van der Waals surface area contributed by atoms with Crippen LogP contribution in [-0.4, -0.2) is 23.6 Å². The fraction of sp³-hybridized carbons (Fsp3) is 0.769. The van der Waals surface area contributed by atoms with Gasteiger partial charge >= 0.3 is 5.97 Å². The van der Waals surface area contributed by atoms with Crippen LogP contribution < -0.4 is 0 Å². The van der Waals surface area contributed by atoms with Gasteiger partial charge in [-0.25, -0.2) is 4.79 Å². The third kappa shape index (κ3) is 5.59. The number of carbonyl (C=O) groups is 1. The summed E-state index contributed by atoms with van der Waals surface area (Å²) in [6.07, 6.45) is 8.88. The average molecular weight is 242 g/mol. The van der Waals surface area contributed by atoms with Crippen molar-refractivity contribution in [3.8, 4) is 0 Å². The van der Waals surface area contributed by atoms with Gasteiger partial charge in [0, 0.05) is 17.1 Å². The molecule has 1 aliphatic carbocycles. The fourth-order valence-electron chi connectivity index (χ4n) is 2.06. The van der Waals surface area contributed by atoms with Crippen LogP contribution >= 0.6 is 11.8 Å². The molecule has 1 aliphatic rings. The number of ether oxygens (including phenoxy) is 1. The summed E-state index contributed by atoms with van der Waals surface area (Å²) in [6, 6.07) is 0. The van der Waals surface area contributed by atoms with Crippen LogP contribution in [0.4, 0.5) is 0 Å². The third-order valence-corrected chi connectivity index (χ3v) is 4.14. The van der Waals surface area contributed by atoms with Crippen molar-refractivity contribution < 1.29 is 9.53 Å². The van der Waals surface area contributed by atoms with Crippen molar-refractivity contribution in [2.75, 3.05) is 12.4 Å². The maximum Gasteiger partial charge on any atom is 0.330 e. The molecular formula is C13H22O2S. The number of hydrogen-bond acceptors (Lipinski definition) is 3. The summed E-state index contributed by atoms with van der Waals surface area (Å²) in [5.41, 5.74) is 0. The molecule has 0 radical (unpaired) electrons. The Kier molecular flexibility index (Phi) is 6.62. The Morgan fingerprint density at radius 2 is 2.31 bits per heavy atom. The molecule has 2 nitrogen and oxygen atoms in total. The SMILES string of the molecule is CCOC(=O)/C=C/CSC1CCCC(C)C1. The van der Waals surface area contributed by atoms with Gasteiger partial charge in [0.1, 0.15) is 0 Å². The summed E-state index contributed by atoms with van der Waals surface area (Å²) >= 11 is 1.97. The number of rotatable bonds is 5. The Bertz CT molecular complexity index is 238. The first-order chi connectivity index (χ1) is 7.72. The lowest BCUT2D eigenvalue weighted by Gasteiger charge is -2.25. The van der Waals surface area contributed by atoms with Crippen molar-refractivity contribution >= 4 is 17.7 Å². The largest absolute Gasteiger partial charge is 0.463 e. The molecule has 0 N–H and O–H groups in total. The molecule has 1 fully saturated rings. The summed E-state index contributed by atoms with van der Waals surface area (Å²) in [4.78, 5) is 11.0. The lowest BCUT2D eigenvalue weighted by Crippen LogP contribution is -2.15. The highest BCUT2D eigenvalue weighted by Gasteiger charge is 2.18. The molecule has 0 aromatic heterocycles. The normalized spacial score (nSPS) is 25.9. The van der Waals surface area contributed by atoms with E-state index in [0.29, 0.717) is 6.61 Å². The molecule has 2 unspecified atom stereocenters. The highest BCUT2D eigenvalue weighted by molar-refractivity contribution is 8.00. The van der Waals surface area contributed by atoms with Gasteiger partial charge in [-0.05, 0) is 25.7 Å². The lowest BCUT2D eigenvalue weighted by atomic mass is 9.91. The van der Waals surface area contributed by atoms with Gasteiger partial charge in [0.15, 0.2) is 0 Å². The predicted octanol–water partition coefficient (Wildman–Crippen LogP) is 3.42. The molecule has 2 atom stereocenters. The van der Waals surface area contributed by atoms with Gasteiger partial charge < -0.3 is 4.74 Å². The van der Waals surface area contributed by atoms with Crippen LogP contribution in [0.25, 0.3) is 0 Å². The van der Waals surface area contributed by atoms with Crippen LogP contribution in [-0.2, 0) is 9.53 Å². The van der Waals surface area contributed by atoms with Crippen molar-refractivity contribution in [2.45, 2.75) is 44.8 Å². The topological polar surface area (TPSA) is 26.3 Å². The molecule has 0 amide bonds. The van der Waals surface area contributed by atoms with E-state index in [9.17, 15) is 4.79 Å². The van der Waals surface area contributed by atoms with Crippen LogP contribution in [0.2, 0.25) is 0 Å². The zero-order chi connectivity index (χ0) is 11.8. The minimum atomic E-state index is -0.222. The highest BCUT2D eigenvalue weighted by Crippen LogP contribution is 2.31. The lowest BCUT2D eigenvalue weighted by molar-refractivity contribution is -0.137. The maximum absolute atomic E-state index is 11.0. The Morgan fingerprint density at radius 1 is 1.50 bits per heavy atom. The molecule has 1 saturated carbocycles. The smallest absolute Gasteiger partial charge is 0.330 e. The maximum atomic E-state index is 11.0. The van der Waals surface area contributed by atoms with Crippen LogP contribution in [0.1, 0.15) is 39.5 Å². The van der Waals surface area contributed by atoms with Gasteiger partial charge in [-0.2, -0.15) is 11.8 Å². The average Bonchev–Trinajstić information content (AvgIpc) is 2.25. The van der Waals surface area contributed by atoms with Gasteiger partial charge in [-0.15, -0.1) is 0 Å². The van der Waals surface area contributed by atoms with E-state index in [4.69, 9.17) is 4.74 Å². The zero-order valence-electron chi connectivity index (χ0n) is 10.3. The van der Waals surface area contributed by atoms with E-state index < -0.39 is 0 Å². The summed E-state index contributed by atoms with van der Waals surface area (Å²) in [7, 11) is 0. The predicted molar refractivity (Wildman–Crippen MR) is 69.7 cm³/mol. The molecule has 0 aromatic rings. The van der Waals surface area contributed by atoms with E-state index >= 15 is 0 Å². The van der Waals surface area contributed by atoms with Crippen LogP contribution in [0.5, 0.6) is 0 Å². The van der Waals surface area contributed by atoms with Crippen molar-refractivity contribution in [2.24, 2.45) is 5.92 Å². The van der Waals surface area contributed by atoms with Crippen LogP contribution in [0, 0.1) is 5.92 Å². The minimum Gasteiger partial charge on any atom is -0.463 e. The Balaban J connectivity index is 2.12. The van der Waals surface area contributed by atoms with Gasteiger partial charge in [0.05, 0.1) is 6.61 Å². The Morgan fingerprint density at radius 3 is 3.00 bits per heavy atom. The molecule has 0 aliphatic heterocycles. The molecule has 92 valence electrons. The van der Waals surface area contributed by atoms with Crippen LogP contribution in [0.3, 0.4) is 0 Å². The molecular weight excluding hydrogens is 220 g/mol. The van der Waals surface area contributed by atoms with E-state index in [2.05, 4.69) is 6.92 Å². The molecule has 0 spiro atoms. The third-order valence-electron chi connectivity index (χ3n) is 2.86. The molecule has 0 aromatic carbocycles. The van der Waals surface area contributed by atoms with Crippen molar-refractivity contribution in [1.82, 2.24) is 0 Å². The molecule has 0 saturated heterocycles. The van der Waals surface area contributed by atoms with Crippen molar-refractivity contribution in [3.05, 3.63) is 12.2 Å². The van der Waals surface area contributed by atoms with Gasteiger partial charge in [-0.3, -0.25) is 0 Å². The summed E-state index contributed by atoms with van der Waals surface area (Å²) in [5, 5.41) is 0.788. The van der Waals surface area contributed by atoms with E-state index in [0.717, 1.165) is 16.9 Å². The van der Waals surface area contributed by atoms with E-state index in [1.165, 1.54) is 25.7 Å². The Hall–Kier alpha value is -0.440. The number of hydrogen-bond donors (Lipinski definition) is 0. The second-order valence-corrected chi connectivity index (χ2v) is 5.71. The zero-order valence-corrected chi connectivity index (χ0v) is 11.1. The second kappa shape index (κ2) is 7.77. The summed E-state index contributed by atoms with van der Waals surface area (Å²) in [6.45, 7) is 4.61. The van der Waals surface area contributed by atoms with Gasteiger partial charge in [0.25, 0.3) is 0 Å². The number of thioether (sulfide) groups is 1. The molecule has 0 heterocycles. The first-order valence-corrected chi connectivity index (χ1v) is 7.22. The highest BCUT2D eigenvalue weighted by atomic mass is 32.2. The molecule has 3 heteroatoms. The quantitative estimate of drug-likeness (QED) is 0.546. The molecule has 16 heavy (non-hydrogen) atoms. The van der Waals surface area contributed by atoms with E-state index in [1.807, 2.05) is 24.8 Å². The monoisotopic (exact) mass is 242 g/mol. The van der Waals surface area contributed by atoms with E-state index in [1.54, 1.807) is 6.08 Å². The van der Waals surface area contributed by atoms with E-state index in [-0.39, 0.29) is 5.97 Å². The van der Waals surface area contributed by atoms with Crippen molar-refractivity contribution in [3.63, 3.8) is 0 Å². The summed E-state index contributed by atoms with van der Waals surface area (Å²) in [5.74, 6) is 1.58. The Labute approximate surface area is 103 Å². The standard InChI is InChI=1S/C13H22O2S/c1-3-15-13(14)8-5-9-16-12-7-4-6-11(2)10-12/h5,8,11-12H,3-4,6-7,9-10H2,1-2H3/b8-5+. The first kappa shape index (κ1) is 13.6. The molecule has 0 bridgehead atoms. The first-order valence-electron chi connectivity index (χ1n) is 6.17. The minimum absolute atomic E-state index is 0.222. The number of carbonyl (C=O) groups excluding carboxylic acids is 1. The second-order valence-electron chi connectivity index (χ2n) is 4.38. The van der Waals surface area contributed by atoms with Crippen LogP contribution in [0.15, 0.2) is 12.2 Å².